The van der Waals surface area contributed by atoms with Gasteiger partial charge in [0, 0.05) is 17.6 Å². The highest BCUT2D eigenvalue weighted by molar-refractivity contribution is 9.10. The van der Waals surface area contributed by atoms with Crippen LogP contribution in [0.4, 0.5) is 0 Å². The van der Waals surface area contributed by atoms with E-state index in [1.165, 1.54) is 0 Å². The predicted octanol–water partition coefficient (Wildman–Crippen LogP) is 2.46. The predicted molar refractivity (Wildman–Crippen MR) is 67.7 cm³/mol. The molecule has 0 aliphatic carbocycles. The van der Waals surface area contributed by atoms with Gasteiger partial charge in [-0.1, -0.05) is 34.5 Å². The fourth-order valence-corrected chi connectivity index (χ4v) is 1.66. The zero-order valence-electron chi connectivity index (χ0n) is 8.84. The van der Waals surface area contributed by atoms with Crippen LogP contribution in [0.3, 0.4) is 0 Å². The van der Waals surface area contributed by atoms with Gasteiger partial charge in [0.1, 0.15) is 0 Å². The third-order valence-corrected chi connectivity index (χ3v) is 2.92. The largest absolute Gasteiger partial charge is 0.396 e. The summed E-state index contributed by atoms with van der Waals surface area (Å²) in [4.78, 5) is 11.7. The summed E-state index contributed by atoms with van der Waals surface area (Å²) in [6, 6.07) is 5.10. The van der Waals surface area contributed by atoms with Gasteiger partial charge in [-0.25, -0.2) is 0 Å². The van der Waals surface area contributed by atoms with Gasteiger partial charge in [-0.2, -0.15) is 0 Å². The zero-order valence-corrected chi connectivity index (χ0v) is 11.2. The van der Waals surface area contributed by atoms with E-state index in [0.717, 1.165) is 4.47 Å². The second-order valence-electron chi connectivity index (χ2n) is 3.62. The van der Waals surface area contributed by atoms with Crippen molar-refractivity contribution in [1.29, 1.82) is 0 Å². The molecular formula is C11H13BrClNO2. The molecule has 1 aromatic rings. The van der Waals surface area contributed by atoms with E-state index < -0.39 is 0 Å². The SMILES string of the molecule is CC(CO)CNC(=O)c1cc(Br)ccc1Cl. The lowest BCUT2D eigenvalue weighted by atomic mass is 10.1. The first-order valence-electron chi connectivity index (χ1n) is 4.88. The summed E-state index contributed by atoms with van der Waals surface area (Å²) >= 11 is 9.19. The van der Waals surface area contributed by atoms with Crippen LogP contribution in [0.5, 0.6) is 0 Å². The van der Waals surface area contributed by atoms with Crippen molar-refractivity contribution in [3.05, 3.63) is 33.3 Å². The summed E-state index contributed by atoms with van der Waals surface area (Å²) in [6.45, 7) is 2.33. The molecule has 0 saturated heterocycles. The molecule has 0 bridgehead atoms. The van der Waals surface area contributed by atoms with Gasteiger partial charge < -0.3 is 10.4 Å². The van der Waals surface area contributed by atoms with Crippen LogP contribution in [-0.4, -0.2) is 24.2 Å². The third kappa shape index (κ3) is 3.77. The van der Waals surface area contributed by atoms with Gasteiger partial charge in [0.15, 0.2) is 0 Å². The monoisotopic (exact) mass is 305 g/mol. The first-order chi connectivity index (χ1) is 7.54. The number of hydrogen-bond donors (Lipinski definition) is 2. The molecule has 0 heterocycles. The molecule has 1 atom stereocenters. The number of aliphatic hydroxyl groups excluding tert-OH is 1. The second-order valence-corrected chi connectivity index (χ2v) is 4.94. The van der Waals surface area contributed by atoms with Gasteiger partial charge >= 0.3 is 0 Å². The minimum absolute atomic E-state index is 0.0369. The first kappa shape index (κ1) is 13.5. The van der Waals surface area contributed by atoms with Gasteiger partial charge in [-0.3, -0.25) is 4.79 Å². The summed E-state index contributed by atoms with van der Waals surface area (Å²) in [7, 11) is 0. The van der Waals surface area contributed by atoms with Crippen LogP contribution < -0.4 is 5.32 Å². The van der Waals surface area contributed by atoms with E-state index in [-0.39, 0.29) is 18.4 Å². The van der Waals surface area contributed by atoms with Crippen LogP contribution >= 0.6 is 27.5 Å². The molecule has 5 heteroatoms. The molecular weight excluding hydrogens is 293 g/mol. The molecule has 88 valence electrons. The first-order valence-corrected chi connectivity index (χ1v) is 6.05. The van der Waals surface area contributed by atoms with E-state index in [2.05, 4.69) is 21.2 Å². The van der Waals surface area contributed by atoms with Crippen LogP contribution in [-0.2, 0) is 0 Å². The zero-order chi connectivity index (χ0) is 12.1. The third-order valence-electron chi connectivity index (χ3n) is 2.10. The van der Waals surface area contributed by atoms with Gasteiger partial charge in [-0.15, -0.1) is 0 Å². The van der Waals surface area contributed by atoms with Crippen molar-refractivity contribution < 1.29 is 9.90 Å². The second kappa shape index (κ2) is 6.23. The van der Waals surface area contributed by atoms with Crippen molar-refractivity contribution >= 4 is 33.4 Å². The van der Waals surface area contributed by atoms with E-state index in [9.17, 15) is 4.79 Å². The number of benzene rings is 1. The number of rotatable bonds is 4. The normalized spacial score (nSPS) is 12.2. The number of nitrogens with one attached hydrogen (secondary N) is 1. The van der Waals surface area contributed by atoms with Crippen molar-refractivity contribution in [3.8, 4) is 0 Å². The Morgan fingerprint density at radius 1 is 1.62 bits per heavy atom. The summed E-state index contributed by atoms with van der Waals surface area (Å²) < 4.78 is 0.803. The van der Waals surface area contributed by atoms with E-state index in [0.29, 0.717) is 17.1 Å². The minimum Gasteiger partial charge on any atom is -0.396 e. The molecule has 0 fully saturated rings. The number of hydrogen-bond acceptors (Lipinski definition) is 2. The highest BCUT2D eigenvalue weighted by Crippen LogP contribution is 2.20. The Morgan fingerprint density at radius 3 is 2.94 bits per heavy atom. The van der Waals surface area contributed by atoms with Gasteiger partial charge in [0.2, 0.25) is 0 Å². The van der Waals surface area contributed by atoms with E-state index in [1.807, 2.05) is 6.92 Å². The molecule has 0 aliphatic heterocycles. The average molecular weight is 307 g/mol. The molecule has 0 aliphatic rings. The number of halogens is 2. The molecule has 1 aromatic carbocycles. The maximum absolute atomic E-state index is 11.7. The Balaban J connectivity index is 2.69. The molecule has 0 aromatic heterocycles. The maximum atomic E-state index is 11.7. The summed E-state index contributed by atoms with van der Waals surface area (Å²) in [5.74, 6) is -0.193. The standard InChI is InChI=1S/C11H13BrClNO2/c1-7(6-15)5-14-11(16)9-4-8(12)2-3-10(9)13/h2-4,7,15H,5-6H2,1H3,(H,14,16). The Kier molecular flexibility index (Phi) is 5.25. The molecule has 16 heavy (non-hydrogen) atoms. The van der Waals surface area contributed by atoms with Crippen molar-refractivity contribution in [3.63, 3.8) is 0 Å². The van der Waals surface area contributed by atoms with Crippen molar-refractivity contribution in [2.75, 3.05) is 13.2 Å². The molecule has 1 unspecified atom stereocenters. The van der Waals surface area contributed by atoms with Crippen LogP contribution in [0.15, 0.2) is 22.7 Å². The fourth-order valence-electron chi connectivity index (χ4n) is 1.10. The van der Waals surface area contributed by atoms with E-state index >= 15 is 0 Å². The number of amides is 1. The minimum atomic E-state index is -0.230. The number of aliphatic hydroxyl groups is 1. The highest BCUT2D eigenvalue weighted by Gasteiger charge is 2.11. The maximum Gasteiger partial charge on any atom is 0.252 e. The van der Waals surface area contributed by atoms with E-state index in [1.54, 1.807) is 18.2 Å². The van der Waals surface area contributed by atoms with Crippen molar-refractivity contribution in [2.24, 2.45) is 5.92 Å². The Bertz CT molecular complexity index is 384. The van der Waals surface area contributed by atoms with E-state index in [4.69, 9.17) is 16.7 Å². The van der Waals surface area contributed by atoms with Gasteiger partial charge in [0.25, 0.3) is 5.91 Å². The van der Waals surface area contributed by atoms with Crippen LogP contribution in [0, 0.1) is 5.92 Å². The topological polar surface area (TPSA) is 49.3 Å². The van der Waals surface area contributed by atoms with Crippen LogP contribution in [0.2, 0.25) is 5.02 Å². The molecule has 1 rings (SSSR count). The van der Waals surface area contributed by atoms with Gasteiger partial charge in [0.05, 0.1) is 10.6 Å². The van der Waals surface area contributed by atoms with Crippen molar-refractivity contribution in [2.45, 2.75) is 6.92 Å². The lowest BCUT2D eigenvalue weighted by Gasteiger charge is -2.10. The fraction of sp³-hybridized carbons (Fsp3) is 0.364. The number of carbonyl (C=O) groups excluding carboxylic acids is 1. The quantitative estimate of drug-likeness (QED) is 0.898. The lowest BCUT2D eigenvalue weighted by Crippen LogP contribution is -2.29. The molecule has 3 nitrogen and oxygen atoms in total. The molecule has 2 N–H and O–H groups in total. The lowest BCUT2D eigenvalue weighted by molar-refractivity contribution is 0.0942. The molecule has 1 amide bonds. The Morgan fingerprint density at radius 2 is 2.31 bits per heavy atom. The van der Waals surface area contributed by atoms with Crippen LogP contribution in [0.1, 0.15) is 17.3 Å². The molecule has 0 radical (unpaired) electrons. The van der Waals surface area contributed by atoms with Crippen molar-refractivity contribution in [1.82, 2.24) is 5.32 Å². The smallest absolute Gasteiger partial charge is 0.252 e. The number of carbonyl (C=O) groups is 1. The average Bonchev–Trinajstić information content (AvgIpc) is 2.28. The summed E-state index contributed by atoms with van der Waals surface area (Å²) in [5.41, 5.74) is 0.432. The summed E-state index contributed by atoms with van der Waals surface area (Å²) in [5, 5.41) is 12.0. The summed E-state index contributed by atoms with van der Waals surface area (Å²) in [6.07, 6.45) is 0. The van der Waals surface area contributed by atoms with Gasteiger partial charge in [-0.05, 0) is 24.1 Å². The Labute approximate surface area is 108 Å². The molecule has 0 saturated carbocycles. The highest BCUT2D eigenvalue weighted by atomic mass is 79.9. The Hall–Kier alpha value is -0.580. The van der Waals surface area contributed by atoms with Crippen LogP contribution in [0.25, 0.3) is 0 Å². The molecule has 0 spiro atoms.